The monoisotopic (exact) mass is 408 g/mol. The molecule has 0 saturated carbocycles. The normalized spacial score (nSPS) is 10.7. The van der Waals surface area contributed by atoms with Gasteiger partial charge in [0.25, 0.3) is 5.91 Å². The number of carbonyl (C=O) groups excluding carboxylic acids is 1. The van der Waals surface area contributed by atoms with Gasteiger partial charge in [-0.05, 0) is 29.3 Å². The number of ether oxygens (including phenoxy) is 1. The summed E-state index contributed by atoms with van der Waals surface area (Å²) in [6, 6.07) is 25.2. The van der Waals surface area contributed by atoms with Gasteiger partial charge in [-0.2, -0.15) is 5.10 Å². The molecule has 1 amide bonds. The van der Waals surface area contributed by atoms with Crippen LogP contribution in [0.3, 0.4) is 0 Å². The fourth-order valence-corrected chi connectivity index (χ4v) is 2.62. The Morgan fingerprint density at radius 1 is 0.962 bits per heavy atom. The fourth-order valence-electron chi connectivity index (χ4n) is 2.35. The molecular weight excluding hydrogens is 392 g/mol. The molecule has 0 radical (unpaired) electrons. The number of para-hydroxylation sites is 1. The van der Waals surface area contributed by atoms with Crippen molar-refractivity contribution in [3.05, 3.63) is 88.9 Å². The number of nitrogens with one attached hydrogen (secondary N) is 1. The Bertz CT molecular complexity index is 893. The molecule has 3 aromatic rings. The predicted octanol–water partition coefficient (Wildman–Crippen LogP) is 4.65. The first-order chi connectivity index (χ1) is 12.7. The molecule has 0 unspecified atom stereocenters. The van der Waals surface area contributed by atoms with Crippen LogP contribution in [0.25, 0.3) is 11.1 Å². The highest BCUT2D eigenvalue weighted by Crippen LogP contribution is 2.29. The van der Waals surface area contributed by atoms with Crippen LogP contribution in [0.4, 0.5) is 0 Å². The summed E-state index contributed by atoms with van der Waals surface area (Å²) in [4.78, 5) is 12.0. The molecule has 0 spiro atoms. The van der Waals surface area contributed by atoms with Gasteiger partial charge in [-0.3, -0.25) is 4.79 Å². The first-order valence-corrected chi connectivity index (χ1v) is 8.86. The van der Waals surface area contributed by atoms with Crippen LogP contribution in [0.2, 0.25) is 0 Å². The maximum Gasteiger partial charge on any atom is 0.277 e. The van der Waals surface area contributed by atoms with Gasteiger partial charge >= 0.3 is 0 Å². The fraction of sp³-hybridized carbons (Fsp3) is 0.0476. The van der Waals surface area contributed by atoms with E-state index in [0.29, 0.717) is 5.75 Å². The first kappa shape index (κ1) is 17.9. The number of rotatable bonds is 6. The second-order valence-electron chi connectivity index (χ2n) is 5.50. The first-order valence-electron chi connectivity index (χ1n) is 8.07. The lowest BCUT2D eigenvalue weighted by Gasteiger charge is -2.10. The number of amides is 1. The zero-order chi connectivity index (χ0) is 18.2. The zero-order valence-electron chi connectivity index (χ0n) is 13.9. The Kier molecular flexibility index (Phi) is 6.17. The number of nitrogens with zero attached hydrogens (tertiary/aromatic N) is 1. The van der Waals surface area contributed by atoms with Crippen molar-refractivity contribution in [2.75, 3.05) is 6.61 Å². The van der Waals surface area contributed by atoms with E-state index in [4.69, 9.17) is 4.74 Å². The minimum Gasteiger partial charge on any atom is -0.483 e. The molecule has 0 fully saturated rings. The van der Waals surface area contributed by atoms with Crippen LogP contribution < -0.4 is 10.2 Å². The zero-order valence-corrected chi connectivity index (χ0v) is 15.5. The number of benzene rings is 3. The van der Waals surface area contributed by atoms with E-state index in [1.54, 1.807) is 6.21 Å². The van der Waals surface area contributed by atoms with Gasteiger partial charge in [-0.25, -0.2) is 5.43 Å². The quantitative estimate of drug-likeness (QED) is 0.476. The average molecular weight is 409 g/mol. The second-order valence-corrected chi connectivity index (χ2v) is 6.41. The highest BCUT2D eigenvalue weighted by atomic mass is 79.9. The Morgan fingerprint density at radius 2 is 1.65 bits per heavy atom. The van der Waals surface area contributed by atoms with Gasteiger partial charge < -0.3 is 4.74 Å². The molecule has 0 saturated heterocycles. The third-order valence-electron chi connectivity index (χ3n) is 3.60. The van der Waals surface area contributed by atoms with Crippen LogP contribution in [0.5, 0.6) is 5.75 Å². The van der Waals surface area contributed by atoms with Crippen LogP contribution in [0.1, 0.15) is 5.56 Å². The van der Waals surface area contributed by atoms with Crippen molar-refractivity contribution in [1.82, 2.24) is 5.43 Å². The van der Waals surface area contributed by atoms with Crippen molar-refractivity contribution in [2.45, 2.75) is 0 Å². The van der Waals surface area contributed by atoms with E-state index in [-0.39, 0.29) is 12.5 Å². The van der Waals surface area contributed by atoms with Crippen LogP contribution in [0, 0.1) is 0 Å². The van der Waals surface area contributed by atoms with E-state index in [1.165, 1.54) is 0 Å². The molecule has 0 heterocycles. The predicted molar refractivity (Wildman–Crippen MR) is 107 cm³/mol. The molecule has 0 aliphatic carbocycles. The van der Waals surface area contributed by atoms with Crippen LogP contribution >= 0.6 is 15.9 Å². The molecule has 5 heteroatoms. The number of hydrogen-bond donors (Lipinski definition) is 1. The Labute approximate surface area is 160 Å². The van der Waals surface area contributed by atoms with Gasteiger partial charge in [-0.15, -0.1) is 0 Å². The highest BCUT2D eigenvalue weighted by Gasteiger charge is 2.07. The number of carbonyl (C=O) groups is 1. The third-order valence-corrected chi connectivity index (χ3v) is 4.13. The number of hydrazone groups is 1. The molecule has 0 aromatic heterocycles. The number of hydrogen-bond acceptors (Lipinski definition) is 3. The van der Waals surface area contributed by atoms with Crippen molar-refractivity contribution in [3.63, 3.8) is 0 Å². The Hall–Kier alpha value is -2.92. The van der Waals surface area contributed by atoms with Gasteiger partial charge in [0.15, 0.2) is 6.61 Å². The summed E-state index contributed by atoms with van der Waals surface area (Å²) in [7, 11) is 0. The SMILES string of the molecule is O=C(COc1ccccc1-c1ccccc1)N/N=C\c1ccc(Br)cc1. The molecule has 0 aliphatic rings. The summed E-state index contributed by atoms with van der Waals surface area (Å²) in [5.41, 5.74) is 5.34. The summed E-state index contributed by atoms with van der Waals surface area (Å²) in [6.07, 6.45) is 1.59. The standard InChI is InChI=1S/C21H17BrN2O2/c22-18-12-10-16(11-13-18)14-23-24-21(25)15-26-20-9-5-4-8-19(20)17-6-2-1-3-7-17/h1-14H,15H2,(H,24,25)/b23-14-. The van der Waals surface area contributed by atoms with Gasteiger partial charge in [0, 0.05) is 10.0 Å². The third kappa shape index (κ3) is 5.04. The van der Waals surface area contributed by atoms with Gasteiger partial charge in [0.1, 0.15) is 5.75 Å². The Balaban J connectivity index is 1.57. The maximum atomic E-state index is 12.0. The van der Waals surface area contributed by atoms with E-state index in [1.807, 2.05) is 78.9 Å². The van der Waals surface area contributed by atoms with Gasteiger partial charge in [-0.1, -0.05) is 76.6 Å². The molecule has 0 aliphatic heterocycles. The van der Waals surface area contributed by atoms with Gasteiger partial charge in [0.05, 0.1) is 6.21 Å². The van der Waals surface area contributed by atoms with Crippen LogP contribution in [-0.4, -0.2) is 18.7 Å². The molecule has 130 valence electrons. The van der Waals surface area contributed by atoms with E-state index >= 15 is 0 Å². The van der Waals surface area contributed by atoms with Crippen molar-refractivity contribution in [1.29, 1.82) is 0 Å². The van der Waals surface area contributed by atoms with Crippen molar-refractivity contribution < 1.29 is 9.53 Å². The lowest BCUT2D eigenvalue weighted by atomic mass is 10.1. The maximum absolute atomic E-state index is 12.0. The summed E-state index contributed by atoms with van der Waals surface area (Å²) in [5.74, 6) is 0.340. The summed E-state index contributed by atoms with van der Waals surface area (Å²) < 4.78 is 6.67. The molecule has 0 bridgehead atoms. The Morgan fingerprint density at radius 3 is 2.42 bits per heavy atom. The van der Waals surface area contributed by atoms with Crippen molar-refractivity contribution >= 4 is 28.1 Å². The smallest absolute Gasteiger partial charge is 0.277 e. The summed E-state index contributed by atoms with van der Waals surface area (Å²) in [6.45, 7) is -0.110. The second kappa shape index (κ2) is 8.97. The highest BCUT2D eigenvalue weighted by molar-refractivity contribution is 9.10. The van der Waals surface area contributed by atoms with E-state index in [2.05, 4.69) is 26.5 Å². The largest absolute Gasteiger partial charge is 0.483 e. The molecule has 1 N–H and O–H groups in total. The molecule has 26 heavy (non-hydrogen) atoms. The van der Waals surface area contributed by atoms with Crippen molar-refractivity contribution in [3.8, 4) is 16.9 Å². The topological polar surface area (TPSA) is 50.7 Å². The van der Waals surface area contributed by atoms with E-state index in [9.17, 15) is 4.79 Å². The van der Waals surface area contributed by atoms with Crippen LogP contribution in [-0.2, 0) is 4.79 Å². The average Bonchev–Trinajstić information content (AvgIpc) is 2.69. The molecular formula is C21H17BrN2O2. The van der Waals surface area contributed by atoms with Crippen LogP contribution in [0.15, 0.2) is 88.4 Å². The van der Waals surface area contributed by atoms with Gasteiger partial charge in [0.2, 0.25) is 0 Å². The van der Waals surface area contributed by atoms with E-state index in [0.717, 1.165) is 21.2 Å². The minimum atomic E-state index is -0.318. The lowest BCUT2D eigenvalue weighted by molar-refractivity contribution is -0.123. The molecule has 3 rings (SSSR count). The number of halogens is 1. The van der Waals surface area contributed by atoms with E-state index < -0.39 is 0 Å². The molecule has 4 nitrogen and oxygen atoms in total. The lowest BCUT2D eigenvalue weighted by Crippen LogP contribution is -2.24. The summed E-state index contributed by atoms with van der Waals surface area (Å²) >= 11 is 3.37. The molecule has 3 aromatic carbocycles. The summed E-state index contributed by atoms with van der Waals surface area (Å²) in [5, 5.41) is 3.94. The minimum absolute atomic E-state index is 0.110. The molecule has 0 atom stereocenters. The van der Waals surface area contributed by atoms with Crippen molar-refractivity contribution in [2.24, 2.45) is 5.10 Å².